The van der Waals surface area contributed by atoms with Crippen molar-refractivity contribution < 1.29 is 5.11 Å². The minimum Gasteiger partial charge on any atom is -0.393 e. The van der Waals surface area contributed by atoms with Gasteiger partial charge in [-0.2, -0.15) is 0 Å². The molecule has 2 aromatic heterocycles. The molecule has 0 bridgehead atoms. The van der Waals surface area contributed by atoms with Crippen molar-refractivity contribution in [3.05, 3.63) is 30.1 Å². The monoisotopic (exact) mass is 299 g/mol. The van der Waals surface area contributed by atoms with E-state index in [0.717, 1.165) is 31.7 Å². The number of fused-ring (bicyclic) bond motifs is 1. The Kier molecular flexibility index (Phi) is 3.46. The summed E-state index contributed by atoms with van der Waals surface area (Å²) in [5, 5.41) is 11.7. The Balaban J connectivity index is 1.57. The number of aliphatic hydroxyl groups is 1. The van der Waals surface area contributed by atoms with Crippen LogP contribution in [0.3, 0.4) is 0 Å². The molecule has 22 heavy (non-hydrogen) atoms. The van der Waals surface area contributed by atoms with Crippen LogP contribution in [0.5, 0.6) is 0 Å². The predicted molar refractivity (Wildman–Crippen MR) is 87.5 cm³/mol. The number of rotatable bonds is 2. The molecule has 0 aromatic carbocycles. The van der Waals surface area contributed by atoms with E-state index in [1.807, 2.05) is 12.3 Å². The molecule has 1 saturated heterocycles. The summed E-state index contributed by atoms with van der Waals surface area (Å²) < 4.78 is 2.12. The average Bonchev–Trinajstić information content (AvgIpc) is 3.02. The molecule has 0 unspecified atom stereocenters. The van der Waals surface area contributed by atoms with Crippen LogP contribution in [0, 0.1) is 5.41 Å². The maximum absolute atomic E-state index is 10.4. The normalized spacial score (nSPS) is 29.6. The number of aryl methyl sites for hydroxylation is 1. The fourth-order valence-corrected chi connectivity index (χ4v) is 4.65. The number of pyridine rings is 1. The van der Waals surface area contributed by atoms with Gasteiger partial charge in [-0.15, -0.1) is 0 Å². The molecule has 2 aliphatic rings. The number of aromatic nitrogens is 2. The van der Waals surface area contributed by atoms with E-state index in [9.17, 15) is 5.11 Å². The fourth-order valence-electron chi connectivity index (χ4n) is 4.65. The van der Waals surface area contributed by atoms with Gasteiger partial charge in [-0.3, -0.25) is 4.90 Å². The quantitative estimate of drug-likeness (QED) is 0.927. The van der Waals surface area contributed by atoms with Gasteiger partial charge in [-0.25, -0.2) is 4.98 Å². The van der Waals surface area contributed by atoms with Crippen molar-refractivity contribution in [2.45, 2.75) is 44.8 Å². The summed E-state index contributed by atoms with van der Waals surface area (Å²) in [6, 6.07) is 4.19. The van der Waals surface area contributed by atoms with Crippen LogP contribution < -0.4 is 0 Å². The van der Waals surface area contributed by atoms with Gasteiger partial charge >= 0.3 is 0 Å². The molecule has 3 heterocycles. The van der Waals surface area contributed by atoms with Crippen LogP contribution in [-0.2, 0) is 13.6 Å². The molecule has 2 aromatic rings. The Bertz CT molecular complexity index is 680. The third-order valence-corrected chi connectivity index (χ3v) is 5.76. The molecule has 1 aliphatic carbocycles. The lowest BCUT2D eigenvalue weighted by atomic mass is 9.76. The van der Waals surface area contributed by atoms with Gasteiger partial charge in [0.15, 0.2) is 0 Å². The van der Waals surface area contributed by atoms with E-state index in [1.165, 1.54) is 36.6 Å². The van der Waals surface area contributed by atoms with Crippen molar-refractivity contribution in [1.29, 1.82) is 0 Å². The zero-order valence-corrected chi connectivity index (χ0v) is 13.3. The molecule has 2 atom stereocenters. The average molecular weight is 299 g/mol. The molecule has 4 nitrogen and oxygen atoms in total. The summed E-state index contributed by atoms with van der Waals surface area (Å²) in [6.45, 7) is 3.16. The number of aliphatic hydroxyl groups excluding tert-OH is 1. The number of hydrogen-bond donors (Lipinski definition) is 1. The van der Waals surface area contributed by atoms with E-state index >= 15 is 0 Å². The second kappa shape index (κ2) is 5.36. The van der Waals surface area contributed by atoms with Crippen LogP contribution in [-0.4, -0.2) is 38.8 Å². The lowest BCUT2D eigenvalue weighted by Crippen LogP contribution is -2.46. The van der Waals surface area contributed by atoms with Crippen LogP contribution >= 0.6 is 0 Å². The van der Waals surface area contributed by atoms with Crippen LogP contribution in [0.1, 0.15) is 37.7 Å². The largest absolute Gasteiger partial charge is 0.393 e. The fraction of sp³-hybridized carbons (Fsp3) is 0.611. The van der Waals surface area contributed by atoms with Gasteiger partial charge in [0.2, 0.25) is 0 Å². The van der Waals surface area contributed by atoms with E-state index in [1.54, 1.807) is 0 Å². The molecular formula is C18H25N3O. The molecule has 1 spiro atoms. The van der Waals surface area contributed by atoms with E-state index in [0.29, 0.717) is 0 Å². The molecule has 118 valence electrons. The van der Waals surface area contributed by atoms with Crippen LogP contribution in [0.2, 0.25) is 0 Å². The number of likely N-dealkylation sites (tertiary alicyclic amines) is 1. The van der Waals surface area contributed by atoms with Gasteiger partial charge in [0.05, 0.1) is 6.10 Å². The molecule has 2 fully saturated rings. The molecular weight excluding hydrogens is 274 g/mol. The van der Waals surface area contributed by atoms with Crippen LogP contribution in [0.15, 0.2) is 24.5 Å². The first-order valence-electron chi connectivity index (χ1n) is 8.47. The van der Waals surface area contributed by atoms with Gasteiger partial charge in [-0.1, -0.05) is 6.42 Å². The van der Waals surface area contributed by atoms with Gasteiger partial charge in [0.1, 0.15) is 5.65 Å². The summed E-state index contributed by atoms with van der Waals surface area (Å²) in [4.78, 5) is 7.02. The lowest BCUT2D eigenvalue weighted by Gasteiger charge is -2.42. The number of nitrogens with zero attached hydrogens (tertiary/aromatic N) is 3. The van der Waals surface area contributed by atoms with Crippen molar-refractivity contribution >= 4 is 11.0 Å². The van der Waals surface area contributed by atoms with E-state index in [-0.39, 0.29) is 11.5 Å². The summed E-state index contributed by atoms with van der Waals surface area (Å²) in [7, 11) is 2.07. The third kappa shape index (κ3) is 2.25. The maximum Gasteiger partial charge on any atom is 0.139 e. The molecule has 0 amide bonds. The Hall–Kier alpha value is -1.39. The van der Waals surface area contributed by atoms with Gasteiger partial charge in [-0.05, 0) is 49.9 Å². The topological polar surface area (TPSA) is 41.3 Å². The Morgan fingerprint density at radius 2 is 2.23 bits per heavy atom. The Labute approximate surface area is 131 Å². The summed E-state index contributed by atoms with van der Waals surface area (Å²) in [5.74, 6) is 0. The molecule has 1 N–H and O–H groups in total. The zero-order chi connectivity index (χ0) is 15.2. The summed E-state index contributed by atoms with van der Waals surface area (Å²) >= 11 is 0. The second-order valence-electron chi connectivity index (χ2n) is 7.22. The highest BCUT2D eigenvalue weighted by Gasteiger charge is 2.44. The van der Waals surface area contributed by atoms with E-state index in [2.05, 4.69) is 33.8 Å². The van der Waals surface area contributed by atoms with Gasteiger partial charge < -0.3 is 9.67 Å². The lowest BCUT2D eigenvalue weighted by molar-refractivity contribution is -0.0119. The molecule has 4 heteroatoms. The first-order chi connectivity index (χ1) is 10.7. The van der Waals surface area contributed by atoms with Gasteiger partial charge in [0.25, 0.3) is 0 Å². The Morgan fingerprint density at radius 1 is 1.36 bits per heavy atom. The van der Waals surface area contributed by atoms with Crippen molar-refractivity contribution in [3.8, 4) is 0 Å². The van der Waals surface area contributed by atoms with Crippen molar-refractivity contribution in [2.75, 3.05) is 13.1 Å². The molecule has 1 saturated carbocycles. The predicted octanol–water partition coefficient (Wildman–Crippen LogP) is 2.70. The van der Waals surface area contributed by atoms with Crippen LogP contribution in [0.25, 0.3) is 11.0 Å². The molecule has 4 rings (SSSR count). The molecule has 1 aliphatic heterocycles. The standard InChI is InChI=1S/C18H25N3O/c1-20-11-14(15-5-3-9-19-17(15)20)12-21-10-4-8-18(13-21)7-2-6-16(18)22/h3,5,9,11,16,22H,2,4,6-8,10,12-13H2,1H3/t16-,18+/m1/s1. The zero-order valence-electron chi connectivity index (χ0n) is 13.3. The first kappa shape index (κ1) is 14.2. The minimum absolute atomic E-state index is 0.0931. The van der Waals surface area contributed by atoms with E-state index in [4.69, 9.17) is 0 Å². The smallest absolute Gasteiger partial charge is 0.139 e. The highest BCUT2D eigenvalue weighted by molar-refractivity contribution is 5.80. The van der Waals surface area contributed by atoms with E-state index < -0.39 is 0 Å². The number of piperidine rings is 1. The minimum atomic E-state index is -0.0931. The first-order valence-corrected chi connectivity index (χ1v) is 8.47. The Morgan fingerprint density at radius 3 is 3.05 bits per heavy atom. The highest BCUT2D eigenvalue weighted by Crippen LogP contribution is 2.45. The SMILES string of the molecule is Cn1cc(CN2CCC[C@@]3(CCC[C@H]3O)C2)c2cccnc21. The molecule has 0 radical (unpaired) electrons. The third-order valence-electron chi connectivity index (χ3n) is 5.76. The second-order valence-corrected chi connectivity index (χ2v) is 7.22. The summed E-state index contributed by atoms with van der Waals surface area (Å²) in [6.07, 6.45) is 9.76. The highest BCUT2D eigenvalue weighted by atomic mass is 16.3. The van der Waals surface area contributed by atoms with Crippen LogP contribution in [0.4, 0.5) is 0 Å². The summed E-state index contributed by atoms with van der Waals surface area (Å²) in [5.41, 5.74) is 2.58. The van der Waals surface area contributed by atoms with Crippen molar-refractivity contribution in [3.63, 3.8) is 0 Å². The van der Waals surface area contributed by atoms with Crippen molar-refractivity contribution in [1.82, 2.24) is 14.5 Å². The van der Waals surface area contributed by atoms with Crippen molar-refractivity contribution in [2.24, 2.45) is 12.5 Å². The number of hydrogen-bond acceptors (Lipinski definition) is 3. The van der Waals surface area contributed by atoms with Gasteiger partial charge in [0, 0.05) is 43.3 Å². The maximum atomic E-state index is 10.4.